The molecule has 2 N–H and O–H groups in total. The first kappa shape index (κ1) is 17.5. The molecule has 1 saturated heterocycles. The number of nitrogens with two attached hydrogens (primary N) is 1. The highest BCUT2D eigenvalue weighted by Crippen LogP contribution is 2.32. The van der Waals surface area contributed by atoms with Crippen molar-refractivity contribution in [1.82, 2.24) is 14.5 Å². The molecule has 7 heteroatoms. The Labute approximate surface area is 157 Å². The number of piperidine rings is 1. The van der Waals surface area contributed by atoms with E-state index in [1.165, 1.54) is 31.4 Å². The summed E-state index contributed by atoms with van der Waals surface area (Å²) in [7, 11) is 0. The van der Waals surface area contributed by atoms with Crippen molar-refractivity contribution in [1.29, 1.82) is 0 Å². The molecule has 2 aromatic heterocycles. The van der Waals surface area contributed by atoms with Gasteiger partial charge < -0.3 is 10.5 Å². The number of fused-ring (bicyclic) bond motifs is 1. The lowest BCUT2D eigenvalue weighted by Crippen LogP contribution is -2.33. The highest BCUT2D eigenvalue weighted by Gasteiger charge is 2.17. The first-order valence-electron chi connectivity index (χ1n) is 9.31. The van der Waals surface area contributed by atoms with Crippen LogP contribution in [0.4, 0.5) is 5.69 Å². The van der Waals surface area contributed by atoms with Crippen molar-refractivity contribution in [3.63, 3.8) is 0 Å². The number of carbonyl (C=O) groups is 1. The minimum absolute atomic E-state index is 0.135. The zero-order valence-electron chi connectivity index (χ0n) is 15.2. The first-order valence-corrected chi connectivity index (χ1v) is 9.31. The molecule has 0 saturated carbocycles. The number of nitrogens with zero attached hydrogens (tertiary/aromatic N) is 4. The fourth-order valence-corrected chi connectivity index (χ4v) is 3.38. The molecular formula is C20H23N5O2. The minimum atomic E-state index is -0.135. The molecule has 140 valence electrons. The number of aliphatic imine (C=N–C) groups is 1. The van der Waals surface area contributed by atoms with E-state index in [-0.39, 0.29) is 5.78 Å². The third-order valence-electron chi connectivity index (χ3n) is 4.81. The van der Waals surface area contributed by atoms with Crippen molar-refractivity contribution >= 4 is 22.7 Å². The van der Waals surface area contributed by atoms with Gasteiger partial charge in [-0.05, 0) is 50.2 Å². The molecule has 0 bridgehead atoms. The van der Waals surface area contributed by atoms with Gasteiger partial charge in [0.2, 0.25) is 0 Å². The molecule has 0 unspecified atom stereocenters. The van der Waals surface area contributed by atoms with Crippen LogP contribution in [0.2, 0.25) is 0 Å². The molecule has 2 aliphatic rings. The summed E-state index contributed by atoms with van der Waals surface area (Å²) in [5.41, 5.74) is 8.30. The van der Waals surface area contributed by atoms with Crippen LogP contribution in [0, 0.1) is 0 Å². The molecule has 1 aliphatic carbocycles. The number of rotatable bonds is 5. The standard InChI is InChI=1S/C20H23N5O2/c21-16-14-15(26)7-8-17(16)22-19-18-6-2-5-11-25(18)23-20(19)27-13-12-24-9-3-1-4-10-24/h2,5-8,11,14H,1,3-4,9-10,12-13,21H2. The Balaban J connectivity index is 1.59. The second-order valence-electron chi connectivity index (χ2n) is 6.77. The van der Waals surface area contributed by atoms with Crippen LogP contribution >= 0.6 is 0 Å². The molecule has 1 aliphatic heterocycles. The molecule has 0 aromatic carbocycles. The molecule has 2 aromatic rings. The van der Waals surface area contributed by atoms with E-state index in [0.29, 0.717) is 29.6 Å². The molecule has 4 rings (SSSR count). The fourth-order valence-electron chi connectivity index (χ4n) is 3.38. The number of hydrogen-bond acceptors (Lipinski definition) is 6. The largest absolute Gasteiger partial charge is 0.474 e. The Bertz CT molecular complexity index is 935. The van der Waals surface area contributed by atoms with Gasteiger partial charge in [-0.2, -0.15) is 0 Å². The summed E-state index contributed by atoms with van der Waals surface area (Å²) >= 11 is 0. The van der Waals surface area contributed by atoms with E-state index < -0.39 is 0 Å². The third-order valence-corrected chi connectivity index (χ3v) is 4.81. The van der Waals surface area contributed by atoms with Crippen LogP contribution in [-0.4, -0.2) is 52.3 Å². The smallest absolute Gasteiger partial charge is 0.260 e. The Morgan fingerprint density at radius 3 is 2.85 bits per heavy atom. The molecule has 1 fully saturated rings. The van der Waals surface area contributed by atoms with Gasteiger partial charge in [0.05, 0.1) is 16.9 Å². The highest BCUT2D eigenvalue weighted by atomic mass is 16.5. The predicted octanol–water partition coefficient (Wildman–Crippen LogP) is 2.25. The van der Waals surface area contributed by atoms with Crippen molar-refractivity contribution in [3.05, 3.63) is 48.3 Å². The number of carbonyl (C=O) groups excluding carboxylic acids is 1. The van der Waals surface area contributed by atoms with Crippen molar-refractivity contribution in [2.45, 2.75) is 19.3 Å². The summed E-state index contributed by atoms with van der Waals surface area (Å²) in [5.74, 6) is 0.341. The second kappa shape index (κ2) is 7.75. The van der Waals surface area contributed by atoms with Gasteiger partial charge in [0.1, 0.15) is 6.61 Å². The lowest BCUT2D eigenvalue weighted by Gasteiger charge is -2.25. The van der Waals surface area contributed by atoms with Crippen LogP contribution in [-0.2, 0) is 4.79 Å². The molecule has 27 heavy (non-hydrogen) atoms. The number of hydrogen-bond donors (Lipinski definition) is 1. The van der Waals surface area contributed by atoms with Gasteiger partial charge >= 0.3 is 0 Å². The molecule has 3 heterocycles. The van der Waals surface area contributed by atoms with Crippen LogP contribution < -0.4 is 10.5 Å². The maximum atomic E-state index is 11.4. The zero-order chi connectivity index (χ0) is 18.6. The van der Waals surface area contributed by atoms with Crippen LogP contribution in [0.3, 0.4) is 0 Å². The van der Waals surface area contributed by atoms with Gasteiger partial charge in [0.25, 0.3) is 5.88 Å². The average molecular weight is 365 g/mol. The molecule has 0 radical (unpaired) electrons. The maximum Gasteiger partial charge on any atom is 0.260 e. The van der Waals surface area contributed by atoms with Crippen molar-refractivity contribution in [2.75, 3.05) is 26.2 Å². The van der Waals surface area contributed by atoms with Crippen molar-refractivity contribution < 1.29 is 9.53 Å². The van der Waals surface area contributed by atoms with E-state index in [9.17, 15) is 4.79 Å². The van der Waals surface area contributed by atoms with Gasteiger partial charge in [-0.25, -0.2) is 9.51 Å². The van der Waals surface area contributed by atoms with Crippen LogP contribution in [0.1, 0.15) is 19.3 Å². The van der Waals surface area contributed by atoms with Crippen molar-refractivity contribution in [3.8, 4) is 5.88 Å². The summed E-state index contributed by atoms with van der Waals surface area (Å²) < 4.78 is 7.73. The summed E-state index contributed by atoms with van der Waals surface area (Å²) in [6.07, 6.45) is 10.1. The first-order chi connectivity index (χ1) is 13.2. The summed E-state index contributed by atoms with van der Waals surface area (Å²) in [5, 5.41) is 4.52. The highest BCUT2D eigenvalue weighted by molar-refractivity contribution is 6.20. The Morgan fingerprint density at radius 2 is 2.04 bits per heavy atom. The van der Waals surface area contributed by atoms with E-state index in [1.807, 2.05) is 24.4 Å². The normalized spacial score (nSPS) is 19.6. The quantitative estimate of drug-likeness (QED) is 0.822. The van der Waals surface area contributed by atoms with E-state index in [0.717, 1.165) is 25.2 Å². The second-order valence-corrected chi connectivity index (χ2v) is 6.77. The van der Waals surface area contributed by atoms with Crippen molar-refractivity contribution in [2.24, 2.45) is 10.7 Å². The number of ether oxygens (including phenoxy) is 1. The van der Waals surface area contributed by atoms with Gasteiger partial charge in [-0.15, -0.1) is 5.10 Å². The summed E-state index contributed by atoms with van der Waals surface area (Å²) in [6.45, 7) is 3.69. The maximum absolute atomic E-state index is 11.4. The summed E-state index contributed by atoms with van der Waals surface area (Å²) in [4.78, 5) is 18.5. The lowest BCUT2D eigenvalue weighted by atomic mass is 10.1. The Hall–Kier alpha value is -2.93. The predicted molar refractivity (Wildman–Crippen MR) is 104 cm³/mol. The zero-order valence-corrected chi connectivity index (χ0v) is 15.2. The number of aromatic nitrogens is 2. The van der Waals surface area contributed by atoms with Gasteiger partial charge in [0, 0.05) is 18.8 Å². The third kappa shape index (κ3) is 3.93. The van der Waals surface area contributed by atoms with Gasteiger partial charge in [-0.3, -0.25) is 9.69 Å². The molecular weight excluding hydrogens is 342 g/mol. The van der Waals surface area contributed by atoms with Gasteiger partial charge in [0.15, 0.2) is 11.5 Å². The number of pyridine rings is 1. The van der Waals surface area contributed by atoms with E-state index >= 15 is 0 Å². The average Bonchev–Trinajstić information content (AvgIpc) is 3.02. The van der Waals surface area contributed by atoms with Crippen LogP contribution in [0.25, 0.3) is 5.52 Å². The number of ketones is 1. The van der Waals surface area contributed by atoms with E-state index in [4.69, 9.17) is 10.5 Å². The van der Waals surface area contributed by atoms with E-state index in [1.54, 1.807) is 10.6 Å². The molecule has 0 amide bonds. The van der Waals surface area contributed by atoms with Crippen LogP contribution in [0.5, 0.6) is 5.88 Å². The molecule has 0 spiro atoms. The molecule has 0 atom stereocenters. The Morgan fingerprint density at radius 1 is 1.19 bits per heavy atom. The number of allylic oxidation sites excluding steroid dienone is 3. The lowest BCUT2D eigenvalue weighted by molar-refractivity contribution is -0.110. The SMILES string of the molecule is NC1=CC(=O)C=CC1=Nc1c(OCCN2CCCCC2)nn2ccccc12. The van der Waals surface area contributed by atoms with E-state index in [2.05, 4.69) is 15.0 Å². The summed E-state index contributed by atoms with van der Waals surface area (Å²) in [6, 6.07) is 5.76. The number of likely N-dealkylation sites (tertiary alicyclic amines) is 1. The fraction of sp³-hybridized carbons (Fsp3) is 0.350. The van der Waals surface area contributed by atoms with Gasteiger partial charge in [-0.1, -0.05) is 12.5 Å². The minimum Gasteiger partial charge on any atom is -0.474 e. The Kier molecular flexibility index (Phi) is 5.02. The molecule has 7 nitrogen and oxygen atoms in total. The monoisotopic (exact) mass is 365 g/mol. The topological polar surface area (TPSA) is 85.2 Å². The van der Waals surface area contributed by atoms with Crippen LogP contribution in [0.15, 0.2) is 53.3 Å².